The summed E-state index contributed by atoms with van der Waals surface area (Å²) in [4.78, 5) is 15.3. The third kappa shape index (κ3) is 3.08. The van der Waals surface area contributed by atoms with Gasteiger partial charge in [-0.25, -0.2) is 8.78 Å². The number of H-pyrrole nitrogens is 1. The number of amides is 1. The Hall–Kier alpha value is -2.69. The van der Waals surface area contributed by atoms with Crippen LogP contribution in [0.5, 0.6) is 0 Å². The molecule has 1 aromatic heterocycles. The van der Waals surface area contributed by atoms with E-state index in [-0.39, 0.29) is 17.5 Å². The van der Waals surface area contributed by atoms with E-state index in [1.54, 1.807) is 31.2 Å². The molecule has 23 heavy (non-hydrogen) atoms. The Morgan fingerprint density at radius 2 is 1.96 bits per heavy atom. The van der Waals surface area contributed by atoms with Crippen LogP contribution in [0.4, 0.5) is 8.78 Å². The summed E-state index contributed by atoms with van der Waals surface area (Å²) in [6.07, 6.45) is 0.409. The van der Waals surface area contributed by atoms with Crippen molar-refractivity contribution in [3.8, 4) is 0 Å². The largest absolute Gasteiger partial charge is 0.350 e. The number of hydrogen-bond acceptors (Lipinski definition) is 1. The van der Waals surface area contributed by atoms with Crippen molar-refractivity contribution in [3.63, 3.8) is 0 Å². The van der Waals surface area contributed by atoms with E-state index in [9.17, 15) is 13.6 Å². The Morgan fingerprint density at radius 3 is 2.74 bits per heavy atom. The van der Waals surface area contributed by atoms with Gasteiger partial charge in [0.1, 0.15) is 17.3 Å². The van der Waals surface area contributed by atoms with Crippen LogP contribution < -0.4 is 5.32 Å². The summed E-state index contributed by atoms with van der Waals surface area (Å²) in [5.41, 5.74) is 2.37. The second kappa shape index (κ2) is 6.20. The van der Waals surface area contributed by atoms with E-state index in [1.807, 2.05) is 0 Å². The fraction of sp³-hybridized carbons (Fsp3) is 0.167. The first-order valence-electron chi connectivity index (χ1n) is 7.35. The van der Waals surface area contributed by atoms with Crippen LogP contribution in [0, 0.1) is 18.6 Å². The van der Waals surface area contributed by atoms with E-state index in [2.05, 4.69) is 10.3 Å². The van der Waals surface area contributed by atoms with Gasteiger partial charge >= 0.3 is 0 Å². The number of halogens is 2. The molecule has 0 aliphatic heterocycles. The molecular weight excluding hydrogens is 298 g/mol. The maximum Gasteiger partial charge on any atom is 0.268 e. The average Bonchev–Trinajstić information content (AvgIpc) is 2.86. The van der Waals surface area contributed by atoms with Crippen LogP contribution in [0.15, 0.2) is 42.5 Å². The number of rotatable bonds is 4. The number of benzene rings is 2. The minimum atomic E-state index is -0.342. The van der Waals surface area contributed by atoms with Gasteiger partial charge in [-0.05, 0) is 48.7 Å². The van der Waals surface area contributed by atoms with Gasteiger partial charge in [0.2, 0.25) is 0 Å². The number of aromatic nitrogens is 1. The minimum Gasteiger partial charge on any atom is -0.350 e. The highest BCUT2D eigenvalue weighted by Gasteiger charge is 2.15. The van der Waals surface area contributed by atoms with Crippen molar-refractivity contribution in [2.45, 2.75) is 13.3 Å². The molecule has 0 unspecified atom stereocenters. The first-order chi connectivity index (χ1) is 11.1. The van der Waals surface area contributed by atoms with E-state index < -0.39 is 0 Å². The van der Waals surface area contributed by atoms with Gasteiger partial charge in [0.05, 0.1) is 0 Å². The number of fused-ring (bicyclic) bond motifs is 1. The van der Waals surface area contributed by atoms with Gasteiger partial charge < -0.3 is 10.3 Å². The normalized spacial score (nSPS) is 10.9. The third-order valence-electron chi connectivity index (χ3n) is 3.89. The molecule has 3 aromatic rings. The number of aromatic amines is 1. The van der Waals surface area contributed by atoms with E-state index in [1.165, 1.54) is 18.2 Å². The van der Waals surface area contributed by atoms with Gasteiger partial charge in [0.25, 0.3) is 5.91 Å². The van der Waals surface area contributed by atoms with Gasteiger partial charge in [0.15, 0.2) is 0 Å². The van der Waals surface area contributed by atoms with Crippen LogP contribution in [0.25, 0.3) is 10.9 Å². The summed E-state index contributed by atoms with van der Waals surface area (Å²) < 4.78 is 26.8. The van der Waals surface area contributed by atoms with Crippen LogP contribution >= 0.6 is 0 Å². The molecule has 0 fully saturated rings. The fourth-order valence-electron chi connectivity index (χ4n) is 2.63. The van der Waals surface area contributed by atoms with Gasteiger partial charge in [-0.3, -0.25) is 4.79 Å². The van der Waals surface area contributed by atoms with Crippen LogP contribution in [0.3, 0.4) is 0 Å². The molecule has 0 radical (unpaired) electrons. The van der Waals surface area contributed by atoms with Gasteiger partial charge in [0, 0.05) is 17.4 Å². The van der Waals surface area contributed by atoms with Crippen molar-refractivity contribution < 1.29 is 13.6 Å². The Bertz CT molecular complexity index is 871. The molecule has 118 valence electrons. The van der Waals surface area contributed by atoms with Gasteiger partial charge in [-0.15, -0.1) is 0 Å². The van der Waals surface area contributed by atoms with Gasteiger partial charge in [-0.1, -0.05) is 18.2 Å². The fourth-order valence-corrected chi connectivity index (χ4v) is 2.63. The lowest BCUT2D eigenvalue weighted by Gasteiger charge is -2.06. The SMILES string of the molecule is Cc1c(C(=O)NCCc2ccccc2F)[nH]c2ccc(F)cc12. The molecule has 0 aliphatic carbocycles. The van der Waals surface area contributed by atoms with Crippen LogP contribution in [0.2, 0.25) is 0 Å². The van der Waals surface area contributed by atoms with E-state index >= 15 is 0 Å². The Labute approximate surface area is 132 Å². The third-order valence-corrected chi connectivity index (χ3v) is 3.89. The topological polar surface area (TPSA) is 44.9 Å². The highest BCUT2D eigenvalue weighted by molar-refractivity contribution is 6.00. The summed E-state index contributed by atoms with van der Waals surface area (Å²) >= 11 is 0. The average molecular weight is 314 g/mol. The molecule has 0 saturated carbocycles. The number of nitrogens with one attached hydrogen (secondary N) is 2. The second-order valence-electron chi connectivity index (χ2n) is 5.41. The molecular formula is C18H16F2N2O. The van der Waals surface area contributed by atoms with E-state index in [0.717, 1.165) is 0 Å². The summed E-state index contributed by atoms with van der Waals surface area (Å²) in [5, 5.41) is 3.44. The predicted octanol–water partition coefficient (Wildman–Crippen LogP) is 3.73. The second-order valence-corrected chi connectivity index (χ2v) is 5.41. The molecule has 0 saturated heterocycles. The number of carbonyl (C=O) groups is 1. The van der Waals surface area contributed by atoms with Crippen LogP contribution in [-0.2, 0) is 6.42 Å². The summed E-state index contributed by atoms with van der Waals surface area (Å²) in [5.74, 6) is -0.902. The molecule has 2 N–H and O–H groups in total. The molecule has 0 bridgehead atoms. The van der Waals surface area contributed by atoms with E-state index in [0.29, 0.717) is 40.7 Å². The number of aryl methyl sites for hydroxylation is 1. The smallest absolute Gasteiger partial charge is 0.268 e. The molecule has 0 aliphatic rings. The lowest BCUT2D eigenvalue weighted by atomic mass is 10.1. The van der Waals surface area contributed by atoms with Crippen molar-refractivity contribution >= 4 is 16.8 Å². The molecule has 2 aromatic carbocycles. The van der Waals surface area contributed by atoms with Crippen molar-refractivity contribution in [2.24, 2.45) is 0 Å². The Kier molecular flexibility index (Phi) is 4.10. The zero-order chi connectivity index (χ0) is 16.4. The van der Waals surface area contributed by atoms with Crippen LogP contribution in [0.1, 0.15) is 21.6 Å². The lowest BCUT2D eigenvalue weighted by Crippen LogP contribution is -2.26. The molecule has 5 heteroatoms. The van der Waals surface area contributed by atoms with Crippen LogP contribution in [-0.4, -0.2) is 17.4 Å². The summed E-state index contributed by atoms with van der Waals surface area (Å²) in [7, 11) is 0. The zero-order valence-corrected chi connectivity index (χ0v) is 12.6. The minimum absolute atomic E-state index is 0.279. The first kappa shape index (κ1) is 15.2. The molecule has 1 amide bonds. The maximum absolute atomic E-state index is 13.5. The predicted molar refractivity (Wildman–Crippen MR) is 85.4 cm³/mol. The monoisotopic (exact) mass is 314 g/mol. The molecule has 3 rings (SSSR count). The Morgan fingerprint density at radius 1 is 1.17 bits per heavy atom. The lowest BCUT2D eigenvalue weighted by molar-refractivity contribution is 0.0949. The standard InChI is InChI=1S/C18H16F2N2O/c1-11-14-10-13(19)6-7-16(14)22-17(11)18(23)21-9-8-12-4-2-3-5-15(12)20/h2-7,10,22H,8-9H2,1H3,(H,21,23). The van der Waals surface area contributed by atoms with Crippen molar-refractivity contribution in [2.75, 3.05) is 6.54 Å². The first-order valence-corrected chi connectivity index (χ1v) is 7.35. The van der Waals surface area contributed by atoms with Crippen molar-refractivity contribution in [1.82, 2.24) is 10.3 Å². The van der Waals surface area contributed by atoms with E-state index in [4.69, 9.17) is 0 Å². The molecule has 0 spiro atoms. The summed E-state index contributed by atoms with van der Waals surface area (Å²) in [6.45, 7) is 2.09. The zero-order valence-electron chi connectivity index (χ0n) is 12.6. The van der Waals surface area contributed by atoms with Crippen molar-refractivity contribution in [1.29, 1.82) is 0 Å². The highest BCUT2D eigenvalue weighted by atomic mass is 19.1. The van der Waals surface area contributed by atoms with Crippen molar-refractivity contribution in [3.05, 3.63) is 70.9 Å². The molecule has 1 heterocycles. The van der Waals surface area contributed by atoms with Gasteiger partial charge in [-0.2, -0.15) is 0 Å². The highest BCUT2D eigenvalue weighted by Crippen LogP contribution is 2.22. The molecule has 0 atom stereocenters. The molecule has 3 nitrogen and oxygen atoms in total. The Balaban J connectivity index is 1.71. The maximum atomic E-state index is 13.5. The number of carbonyl (C=O) groups excluding carboxylic acids is 1. The summed E-state index contributed by atoms with van der Waals surface area (Å²) in [6, 6.07) is 10.8. The quantitative estimate of drug-likeness (QED) is 0.757. The number of hydrogen-bond donors (Lipinski definition) is 2.